The lowest BCUT2D eigenvalue weighted by atomic mass is 10.1. The van der Waals surface area contributed by atoms with E-state index in [1.807, 2.05) is 13.1 Å². The first kappa shape index (κ1) is 14.5. The SMILES string of the molecule is CCCCN(Cc1ccc(C)nc1)CC1CCCN1. The summed E-state index contributed by atoms with van der Waals surface area (Å²) in [6.07, 6.45) is 7.23. The minimum atomic E-state index is 0.690. The van der Waals surface area contributed by atoms with Gasteiger partial charge in [0, 0.05) is 31.0 Å². The van der Waals surface area contributed by atoms with Gasteiger partial charge in [-0.25, -0.2) is 0 Å². The fourth-order valence-corrected chi connectivity index (χ4v) is 2.69. The van der Waals surface area contributed by atoms with Gasteiger partial charge in [-0.15, -0.1) is 0 Å². The van der Waals surface area contributed by atoms with Gasteiger partial charge < -0.3 is 5.32 Å². The number of aromatic nitrogens is 1. The van der Waals surface area contributed by atoms with Crippen LogP contribution in [0.1, 0.15) is 43.9 Å². The normalized spacial score (nSPS) is 19.2. The summed E-state index contributed by atoms with van der Waals surface area (Å²) < 4.78 is 0. The zero-order valence-corrected chi connectivity index (χ0v) is 12.4. The number of unbranched alkanes of at least 4 members (excludes halogenated alkanes) is 1. The van der Waals surface area contributed by atoms with Crippen molar-refractivity contribution >= 4 is 0 Å². The highest BCUT2D eigenvalue weighted by Gasteiger charge is 2.17. The number of nitrogens with one attached hydrogen (secondary N) is 1. The van der Waals surface area contributed by atoms with Crippen LogP contribution in [0.4, 0.5) is 0 Å². The van der Waals surface area contributed by atoms with Crippen molar-refractivity contribution in [3.8, 4) is 0 Å². The smallest absolute Gasteiger partial charge is 0.0372 e. The third-order valence-corrected chi connectivity index (χ3v) is 3.85. The van der Waals surface area contributed by atoms with Crippen LogP contribution < -0.4 is 5.32 Å². The van der Waals surface area contributed by atoms with E-state index in [0.29, 0.717) is 6.04 Å². The van der Waals surface area contributed by atoms with Crippen LogP contribution >= 0.6 is 0 Å². The number of hydrogen-bond donors (Lipinski definition) is 1. The molecule has 1 fully saturated rings. The molecular formula is C16H27N3. The summed E-state index contributed by atoms with van der Waals surface area (Å²) in [5, 5.41) is 3.60. The molecular weight excluding hydrogens is 234 g/mol. The van der Waals surface area contributed by atoms with E-state index in [9.17, 15) is 0 Å². The first-order valence-corrected chi connectivity index (χ1v) is 7.65. The van der Waals surface area contributed by atoms with Gasteiger partial charge in [-0.3, -0.25) is 9.88 Å². The molecule has 1 saturated heterocycles. The third-order valence-electron chi connectivity index (χ3n) is 3.85. The number of aryl methyl sites for hydroxylation is 1. The Labute approximate surface area is 117 Å². The summed E-state index contributed by atoms with van der Waals surface area (Å²) in [7, 11) is 0. The lowest BCUT2D eigenvalue weighted by Crippen LogP contribution is -2.37. The van der Waals surface area contributed by atoms with Crippen molar-refractivity contribution in [1.82, 2.24) is 15.2 Å². The van der Waals surface area contributed by atoms with E-state index in [1.54, 1.807) is 0 Å². The summed E-state index contributed by atoms with van der Waals surface area (Å²) in [5.74, 6) is 0. The largest absolute Gasteiger partial charge is 0.313 e. The minimum absolute atomic E-state index is 0.690. The maximum Gasteiger partial charge on any atom is 0.0372 e. The Bertz CT molecular complexity index is 355. The molecule has 1 aromatic heterocycles. The Morgan fingerprint density at radius 2 is 2.32 bits per heavy atom. The van der Waals surface area contributed by atoms with Crippen LogP contribution in [0, 0.1) is 6.92 Å². The zero-order chi connectivity index (χ0) is 13.5. The Morgan fingerprint density at radius 1 is 1.42 bits per heavy atom. The van der Waals surface area contributed by atoms with Gasteiger partial charge in [0.25, 0.3) is 0 Å². The molecule has 3 nitrogen and oxygen atoms in total. The maximum atomic E-state index is 4.40. The Balaban J connectivity index is 1.89. The highest BCUT2D eigenvalue weighted by atomic mass is 15.2. The van der Waals surface area contributed by atoms with E-state index in [1.165, 1.54) is 50.9 Å². The lowest BCUT2D eigenvalue weighted by Gasteiger charge is -2.25. The van der Waals surface area contributed by atoms with Crippen molar-refractivity contribution in [2.24, 2.45) is 0 Å². The fourth-order valence-electron chi connectivity index (χ4n) is 2.69. The molecule has 1 aliphatic heterocycles. The van der Waals surface area contributed by atoms with Crippen LogP contribution in [0.2, 0.25) is 0 Å². The van der Waals surface area contributed by atoms with E-state index < -0.39 is 0 Å². The van der Waals surface area contributed by atoms with E-state index >= 15 is 0 Å². The van der Waals surface area contributed by atoms with E-state index in [0.717, 1.165) is 12.2 Å². The Kier molecular flexibility index (Phi) is 5.80. The quantitative estimate of drug-likeness (QED) is 0.818. The molecule has 1 atom stereocenters. The van der Waals surface area contributed by atoms with Crippen LogP contribution in [0.5, 0.6) is 0 Å². The predicted molar refractivity (Wildman–Crippen MR) is 80.2 cm³/mol. The fraction of sp³-hybridized carbons (Fsp3) is 0.688. The summed E-state index contributed by atoms with van der Waals surface area (Å²) >= 11 is 0. The average Bonchev–Trinajstić information content (AvgIpc) is 2.91. The van der Waals surface area contributed by atoms with Crippen LogP contribution in [0.15, 0.2) is 18.3 Å². The first-order chi connectivity index (χ1) is 9.28. The topological polar surface area (TPSA) is 28.2 Å². The molecule has 2 rings (SSSR count). The Hall–Kier alpha value is -0.930. The van der Waals surface area contributed by atoms with Gasteiger partial charge in [0.1, 0.15) is 0 Å². The summed E-state index contributed by atoms with van der Waals surface area (Å²) in [5.41, 5.74) is 2.43. The lowest BCUT2D eigenvalue weighted by molar-refractivity contribution is 0.237. The molecule has 106 valence electrons. The van der Waals surface area contributed by atoms with Gasteiger partial charge in [0.2, 0.25) is 0 Å². The molecule has 1 N–H and O–H groups in total. The van der Waals surface area contributed by atoms with Crippen LogP contribution in [-0.4, -0.2) is 35.6 Å². The van der Waals surface area contributed by atoms with Crippen molar-refractivity contribution in [2.75, 3.05) is 19.6 Å². The summed E-state index contributed by atoms with van der Waals surface area (Å²) in [6, 6.07) is 5.01. The van der Waals surface area contributed by atoms with E-state index in [2.05, 4.69) is 34.3 Å². The maximum absolute atomic E-state index is 4.40. The molecule has 0 bridgehead atoms. The highest BCUT2D eigenvalue weighted by molar-refractivity contribution is 5.13. The molecule has 1 unspecified atom stereocenters. The van der Waals surface area contributed by atoms with Crippen molar-refractivity contribution in [1.29, 1.82) is 0 Å². The van der Waals surface area contributed by atoms with Gasteiger partial charge in [0.05, 0.1) is 0 Å². The second-order valence-electron chi connectivity index (χ2n) is 5.69. The van der Waals surface area contributed by atoms with Crippen molar-refractivity contribution in [2.45, 2.75) is 52.1 Å². The number of pyridine rings is 1. The molecule has 0 aliphatic carbocycles. The number of rotatable bonds is 7. The van der Waals surface area contributed by atoms with Gasteiger partial charge in [-0.1, -0.05) is 19.4 Å². The van der Waals surface area contributed by atoms with E-state index in [4.69, 9.17) is 0 Å². The van der Waals surface area contributed by atoms with Gasteiger partial charge >= 0.3 is 0 Å². The molecule has 1 aromatic rings. The van der Waals surface area contributed by atoms with E-state index in [-0.39, 0.29) is 0 Å². The molecule has 0 radical (unpaired) electrons. The second kappa shape index (κ2) is 7.61. The summed E-state index contributed by atoms with van der Waals surface area (Å²) in [4.78, 5) is 6.98. The van der Waals surface area contributed by atoms with Crippen LogP contribution in [0.3, 0.4) is 0 Å². The number of hydrogen-bond acceptors (Lipinski definition) is 3. The van der Waals surface area contributed by atoms with Crippen molar-refractivity contribution in [3.63, 3.8) is 0 Å². The van der Waals surface area contributed by atoms with Crippen molar-refractivity contribution in [3.05, 3.63) is 29.6 Å². The van der Waals surface area contributed by atoms with Gasteiger partial charge in [-0.2, -0.15) is 0 Å². The van der Waals surface area contributed by atoms with Crippen LogP contribution in [0.25, 0.3) is 0 Å². The minimum Gasteiger partial charge on any atom is -0.313 e. The standard InChI is InChI=1S/C16H27N3/c1-3-4-10-19(13-16-6-5-9-17-16)12-15-8-7-14(2)18-11-15/h7-8,11,16-17H,3-6,9-10,12-13H2,1-2H3. The second-order valence-corrected chi connectivity index (χ2v) is 5.69. The van der Waals surface area contributed by atoms with Gasteiger partial charge in [0.15, 0.2) is 0 Å². The molecule has 0 saturated carbocycles. The summed E-state index contributed by atoms with van der Waals surface area (Å²) in [6.45, 7) is 8.90. The Morgan fingerprint density at radius 3 is 2.95 bits per heavy atom. The molecule has 0 spiro atoms. The molecule has 0 amide bonds. The third kappa shape index (κ3) is 4.92. The molecule has 1 aliphatic rings. The highest BCUT2D eigenvalue weighted by Crippen LogP contribution is 2.11. The first-order valence-electron chi connectivity index (χ1n) is 7.65. The molecule has 19 heavy (non-hydrogen) atoms. The number of nitrogens with zero attached hydrogens (tertiary/aromatic N) is 2. The monoisotopic (exact) mass is 261 g/mol. The predicted octanol–water partition coefficient (Wildman–Crippen LogP) is 2.74. The molecule has 2 heterocycles. The average molecular weight is 261 g/mol. The van der Waals surface area contributed by atoms with Crippen LogP contribution in [-0.2, 0) is 6.54 Å². The zero-order valence-electron chi connectivity index (χ0n) is 12.4. The van der Waals surface area contributed by atoms with Gasteiger partial charge in [-0.05, 0) is 50.9 Å². The van der Waals surface area contributed by atoms with Crippen molar-refractivity contribution < 1.29 is 0 Å². The molecule has 0 aromatic carbocycles. The molecule has 3 heteroatoms.